The van der Waals surface area contributed by atoms with Gasteiger partial charge in [0.15, 0.2) is 0 Å². The molecule has 0 fully saturated rings. The van der Waals surface area contributed by atoms with Crippen LogP contribution in [0.5, 0.6) is 0 Å². The number of hydrogen-bond donors (Lipinski definition) is 2. The zero-order valence-electron chi connectivity index (χ0n) is 11.3. The highest BCUT2D eigenvalue weighted by Crippen LogP contribution is 2.22. The van der Waals surface area contributed by atoms with E-state index in [1.807, 2.05) is 24.3 Å². The third-order valence-corrected chi connectivity index (χ3v) is 3.75. The zero-order valence-corrected chi connectivity index (χ0v) is 13.7. The highest BCUT2D eigenvalue weighted by molar-refractivity contribution is 9.10. The number of halogens is 1. The SMILES string of the molecule is CC(Cc1ccccc1)Nc1ccc(Br)cc1C(N)=S. The lowest BCUT2D eigenvalue weighted by atomic mass is 10.1. The quantitative estimate of drug-likeness (QED) is 0.798. The van der Waals surface area contributed by atoms with E-state index >= 15 is 0 Å². The molecule has 4 heteroatoms. The van der Waals surface area contributed by atoms with E-state index in [4.69, 9.17) is 18.0 Å². The molecule has 104 valence electrons. The van der Waals surface area contributed by atoms with Crippen LogP contribution in [0.4, 0.5) is 5.69 Å². The summed E-state index contributed by atoms with van der Waals surface area (Å²) < 4.78 is 0.974. The summed E-state index contributed by atoms with van der Waals surface area (Å²) in [5.74, 6) is 0. The molecule has 0 heterocycles. The van der Waals surface area contributed by atoms with E-state index in [2.05, 4.69) is 52.4 Å². The molecule has 0 aliphatic carbocycles. The number of thiocarbonyl (C=S) groups is 1. The Morgan fingerprint density at radius 3 is 2.60 bits per heavy atom. The Kier molecular flexibility index (Phi) is 5.15. The fourth-order valence-electron chi connectivity index (χ4n) is 2.13. The molecule has 0 amide bonds. The van der Waals surface area contributed by atoms with Crippen molar-refractivity contribution in [1.29, 1.82) is 0 Å². The first-order valence-electron chi connectivity index (χ1n) is 6.46. The number of benzene rings is 2. The first kappa shape index (κ1) is 15.0. The first-order valence-corrected chi connectivity index (χ1v) is 7.66. The van der Waals surface area contributed by atoms with Gasteiger partial charge < -0.3 is 11.1 Å². The second kappa shape index (κ2) is 6.86. The van der Waals surface area contributed by atoms with Crippen LogP contribution >= 0.6 is 28.1 Å². The lowest BCUT2D eigenvalue weighted by molar-refractivity contribution is 0.790. The Morgan fingerprint density at radius 2 is 1.95 bits per heavy atom. The molecule has 0 aliphatic rings. The Morgan fingerprint density at radius 1 is 1.25 bits per heavy atom. The molecular weight excluding hydrogens is 332 g/mol. The summed E-state index contributed by atoms with van der Waals surface area (Å²) in [6.45, 7) is 2.15. The second-order valence-electron chi connectivity index (χ2n) is 4.79. The average molecular weight is 349 g/mol. The van der Waals surface area contributed by atoms with Crippen LogP contribution in [0.25, 0.3) is 0 Å². The standard InChI is InChI=1S/C16H17BrN2S/c1-11(9-12-5-3-2-4-6-12)19-15-8-7-13(17)10-14(15)16(18)20/h2-8,10-11,19H,9H2,1H3,(H2,18,20). The van der Waals surface area contributed by atoms with E-state index < -0.39 is 0 Å². The number of anilines is 1. The predicted octanol–water partition coefficient (Wildman–Crippen LogP) is 4.13. The molecule has 0 saturated heterocycles. The van der Waals surface area contributed by atoms with E-state index in [0.717, 1.165) is 22.1 Å². The molecule has 0 aromatic heterocycles. The molecule has 0 saturated carbocycles. The lowest BCUT2D eigenvalue weighted by Gasteiger charge is -2.18. The van der Waals surface area contributed by atoms with Gasteiger partial charge in [-0.2, -0.15) is 0 Å². The summed E-state index contributed by atoms with van der Waals surface area (Å²) in [6, 6.07) is 16.6. The second-order valence-corrected chi connectivity index (χ2v) is 6.14. The Labute approximate surface area is 133 Å². The lowest BCUT2D eigenvalue weighted by Crippen LogP contribution is -2.21. The minimum atomic E-state index is 0.298. The summed E-state index contributed by atoms with van der Waals surface area (Å²) in [4.78, 5) is 0.403. The van der Waals surface area contributed by atoms with Crippen molar-refractivity contribution < 1.29 is 0 Å². The summed E-state index contributed by atoms with van der Waals surface area (Å²) in [5, 5.41) is 3.48. The summed E-state index contributed by atoms with van der Waals surface area (Å²) >= 11 is 8.55. The topological polar surface area (TPSA) is 38.0 Å². The molecular formula is C16H17BrN2S. The van der Waals surface area contributed by atoms with E-state index in [9.17, 15) is 0 Å². The molecule has 0 radical (unpaired) electrons. The average Bonchev–Trinajstić information content (AvgIpc) is 2.41. The fraction of sp³-hybridized carbons (Fsp3) is 0.188. The molecule has 1 atom stereocenters. The normalized spacial score (nSPS) is 11.9. The molecule has 2 aromatic rings. The number of hydrogen-bond acceptors (Lipinski definition) is 2. The predicted molar refractivity (Wildman–Crippen MR) is 93.3 cm³/mol. The van der Waals surface area contributed by atoms with E-state index in [-0.39, 0.29) is 0 Å². The number of rotatable bonds is 5. The molecule has 2 aromatic carbocycles. The van der Waals surface area contributed by atoms with Crippen molar-refractivity contribution in [2.45, 2.75) is 19.4 Å². The van der Waals surface area contributed by atoms with E-state index in [0.29, 0.717) is 11.0 Å². The van der Waals surface area contributed by atoms with Gasteiger partial charge in [0.05, 0.1) is 0 Å². The van der Waals surface area contributed by atoms with Crippen molar-refractivity contribution in [2.24, 2.45) is 5.73 Å². The zero-order chi connectivity index (χ0) is 14.5. The molecule has 0 aliphatic heterocycles. The summed E-state index contributed by atoms with van der Waals surface area (Å²) in [5.41, 5.74) is 8.94. The minimum Gasteiger partial charge on any atom is -0.389 e. The molecule has 2 nitrogen and oxygen atoms in total. The van der Waals surface area contributed by atoms with E-state index in [1.165, 1.54) is 5.56 Å². The van der Waals surface area contributed by atoms with E-state index in [1.54, 1.807) is 0 Å². The highest BCUT2D eigenvalue weighted by Gasteiger charge is 2.09. The van der Waals surface area contributed by atoms with Crippen molar-refractivity contribution in [3.63, 3.8) is 0 Å². The highest BCUT2D eigenvalue weighted by atomic mass is 79.9. The molecule has 3 N–H and O–H groups in total. The third-order valence-electron chi connectivity index (χ3n) is 3.03. The van der Waals surface area contributed by atoms with Crippen molar-refractivity contribution in [1.82, 2.24) is 0 Å². The fourth-order valence-corrected chi connectivity index (χ4v) is 2.66. The Balaban J connectivity index is 2.11. The van der Waals surface area contributed by atoms with Crippen LogP contribution in [0.1, 0.15) is 18.1 Å². The van der Waals surface area contributed by atoms with Crippen molar-refractivity contribution in [3.05, 3.63) is 64.1 Å². The van der Waals surface area contributed by atoms with Crippen molar-refractivity contribution >= 4 is 38.8 Å². The van der Waals surface area contributed by atoms with Gasteiger partial charge in [0, 0.05) is 21.8 Å². The van der Waals surface area contributed by atoms with Crippen LogP contribution in [-0.2, 0) is 6.42 Å². The Hall–Kier alpha value is -1.39. The maximum Gasteiger partial charge on any atom is 0.106 e. The smallest absolute Gasteiger partial charge is 0.106 e. The van der Waals surface area contributed by atoms with Crippen molar-refractivity contribution in [3.8, 4) is 0 Å². The van der Waals surface area contributed by atoms with Gasteiger partial charge in [0.1, 0.15) is 4.99 Å². The van der Waals surface area contributed by atoms with Gasteiger partial charge in [-0.3, -0.25) is 0 Å². The number of nitrogens with two attached hydrogens (primary N) is 1. The molecule has 1 unspecified atom stereocenters. The van der Waals surface area contributed by atoms with Gasteiger partial charge in [-0.15, -0.1) is 0 Å². The largest absolute Gasteiger partial charge is 0.389 e. The summed E-state index contributed by atoms with van der Waals surface area (Å²) in [7, 11) is 0. The van der Waals surface area contributed by atoms with Crippen LogP contribution < -0.4 is 11.1 Å². The molecule has 0 bridgehead atoms. The molecule has 2 rings (SSSR count). The van der Waals surface area contributed by atoms with Gasteiger partial charge in [0.2, 0.25) is 0 Å². The maximum atomic E-state index is 5.78. The molecule has 20 heavy (non-hydrogen) atoms. The van der Waals surface area contributed by atoms with Gasteiger partial charge in [-0.05, 0) is 37.1 Å². The van der Waals surface area contributed by atoms with Gasteiger partial charge in [0.25, 0.3) is 0 Å². The molecule has 0 spiro atoms. The summed E-state index contributed by atoms with van der Waals surface area (Å²) in [6.07, 6.45) is 0.952. The van der Waals surface area contributed by atoms with Crippen LogP contribution in [0.2, 0.25) is 0 Å². The third kappa shape index (κ3) is 4.05. The van der Waals surface area contributed by atoms with Crippen LogP contribution in [0, 0.1) is 0 Å². The van der Waals surface area contributed by atoms with Crippen LogP contribution in [-0.4, -0.2) is 11.0 Å². The van der Waals surface area contributed by atoms with Gasteiger partial charge in [-0.1, -0.05) is 58.5 Å². The van der Waals surface area contributed by atoms with Crippen LogP contribution in [0.3, 0.4) is 0 Å². The Bertz CT molecular complexity index is 599. The van der Waals surface area contributed by atoms with Gasteiger partial charge in [-0.25, -0.2) is 0 Å². The van der Waals surface area contributed by atoms with Gasteiger partial charge >= 0.3 is 0 Å². The first-order chi connectivity index (χ1) is 9.56. The maximum absolute atomic E-state index is 5.78. The minimum absolute atomic E-state index is 0.298. The number of nitrogens with one attached hydrogen (secondary N) is 1. The monoisotopic (exact) mass is 348 g/mol. The van der Waals surface area contributed by atoms with Crippen LogP contribution in [0.15, 0.2) is 53.0 Å². The van der Waals surface area contributed by atoms with Crippen molar-refractivity contribution in [2.75, 3.05) is 5.32 Å².